The molecule has 0 bridgehead atoms. The minimum absolute atomic E-state index is 0.298. The highest BCUT2D eigenvalue weighted by Gasteiger charge is 2.39. The SMILES string of the molecule is COc1ccc(CN=C(NCCc2ccco2)NCC2CC(=O)N(C3CC3)C2)cc1. The second-order valence-electron chi connectivity index (χ2n) is 8.00. The summed E-state index contributed by atoms with van der Waals surface area (Å²) in [6.07, 6.45) is 5.42. The molecule has 1 amide bonds. The second-order valence-corrected chi connectivity index (χ2v) is 8.00. The van der Waals surface area contributed by atoms with Crippen molar-refractivity contribution in [2.24, 2.45) is 10.9 Å². The van der Waals surface area contributed by atoms with Gasteiger partial charge in [-0.25, -0.2) is 4.99 Å². The maximum absolute atomic E-state index is 12.2. The van der Waals surface area contributed by atoms with Crippen molar-refractivity contribution in [2.75, 3.05) is 26.7 Å². The van der Waals surface area contributed by atoms with Gasteiger partial charge in [0.25, 0.3) is 0 Å². The van der Waals surface area contributed by atoms with Crippen LogP contribution in [0.25, 0.3) is 0 Å². The van der Waals surface area contributed by atoms with E-state index < -0.39 is 0 Å². The zero-order valence-corrected chi connectivity index (χ0v) is 17.5. The number of methoxy groups -OCH3 is 1. The molecule has 7 heteroatoms. The molecule has 2 aromatic rings. The summed E-state index contributed by atoms with van der Waals surface area (Å²) < 4.78 is 10.6. The molecule has 1 aromatic heterocycles. The monoisotopic (exact) mass is 410 g/mol. The Bertz CT molecular complexity index is 844. The molecule has 2 fully saturated rings. The Hall–Kier alpha value is -2.96. The van der Waals surface area contributed by atoms with E-state index >= 15 is 0 Å². The van der Waals surface area contributed by atoms with Crippen molar-refractivity contribution in [3.8, 4) is 5.75 Å². The van der Waals surface area contributed by atoms with Gasteiger partial charge in [0.2, 0.25) is 5.91 Å². The van der Waals surface area contributed by atoms with E-state index in [9.17, 15) is 4.79 Å². The number of aliphatic imine (C=N–C) groups is 1. The molecule has 2 heterocycles. The maximum Gasteiger partial charge on any atom is 0.223 e. The van der Waals surface area contributed by atoms with Crippen LogP contribution in [-0.4, -0.2) is 49.6 Å². The Kier molecular flexibility index (Phi) is 6.57. The lowest BCUT2D eigenvalue weighted by Crippen LogP contribution is -2.41. The van der Waals surface area contributed by atoms with Crippen LogP contribution in [0, 0.1) is 5.92 Å². The Balaban J connectivity index is 1.32. The van der Waals surface area contributed by atoms with E-state index in [0.29, 0.717) is 30.8 Å². The fraction of sp³-hybridized carbons (Fsp3) is 0.478. The molecule has 2 aliphatic rings. The Morgan fingerprint density at radius 1 is 1.23 bits per heavy atom. The van der Waals surface area contributed by atoms with E-state index in [2.05, 4.69) is 15.5 Å². The lowest BCUT2D eigenvalue weighted by Gasteiger charge is -2.17. The third kappa shape index (κ3) is 5.55. The summed E-state index contributed by atoms with van der Waals surface area (Å²) in [5.41, 5.74) is 1.11. The summed E-state index contributed by atoms with van der Waals surface area (Å²) in [5.74, 6) is 3.17. The van der Waals surface area contributed by atoms with Crippen LogP contribution in [0.2, 0.25) is 0 Å². The van der Waals surface area contributed by atoms with Gasteiger partial charge < -0.3 is 24.7 Å². The summed E-state index contributed by atoms with van der Waals surface area (Å²) >= 11 is 0. The summed E-state index contributed by atoms with van der Waals surface area (Å²) in [6.45, 7) is 2.89. The fourth-order valence-corrected chi connectivity index (χ4v) is 3.76. The van der Waals surface area contributed by atoms with Crippen molar-refractivity contribution in [1.29, 1.82) is 0 Å². The first kappa shape index (κ1) is 20.3. The van der Waals surface area contributed by atoms with Gasteiger partial charge in [-0.15, -0.1) is 0 Å². The van der Waals surface area contributed by atoms with Crippen LogP contribution in [0.15, 0.2) is 52.1 Å². The molecule has 30 heavy (non-hydrogen) atoms. The zero-order chi connectivity index (χ0) is 20.8. The molecule has 1 unspecified atom stereocenters. The first-order valence-electron chi connectivity index (χ1n) is 10.7. The Morgan fingerprint density at radius 2 is 2.07 bits per heavy atom. The summed E-state index contributed by atoms with van der Waals surface area (Å²) in [6, 6.07) is 12.3. The van der Waals surface area contributed by atoms with Crippen LogP contribution < -0.4 is 15.4 Å². The molecule has 1 saturated heterocycles. The van der Waals surface area contributed by atoms with Crippen LogP contribution in [-0.2, 0) is 17.8 Å². The number of hydrogen-bond acceptors (Lipinski definition) is 4. The lowest BCUT2D eigenvalue weighted by atomic mass is 10.1. The van der Waals surface area contributed by atoms with Crippen molar-refractivity contribution < 1.29 is 13.9 Å². The van der Waals surface area contributed by atoms with E-state index in [1.165, 1.54) is 0 Å². The molecule has 160 valence electrons. The van der Waals surface area contributed by atoms with Crippen LogP contribution in [0.5, 0.6) is 5.75 Å². The number of amides is 1. The van der Waals surface area contributed by atoms with Crippen LogP contribution in [0.1, 0.15) is 30.6 Å². The minimum atomic E-state index is 0.298. The predicted molar refractivity (Wildman–Crippen MR) is 115 cm³/mol. The number of rotatable bonds is 9. The normalized spacial score (nSPS) is 19.2. The van der Waals surface area contributed by atoms with Crippen LogP contribution >= 0.6 is 0 Å². The average molecular weight is 411 g/mol. The minimum Gasteiger partial charge on any atom is -0.497 e. The molecule has 2 N–H and O–H groups in total. The number of nitrogens with one attached hydrogen (secondary N) is 2. The molecule has 0 radical (unpaired) electrons. The van der Waals surface area contributed by atoms with Gasteiger partial charge in [-0.05, 0) is 42.7 Å². The van der Waals surface area contributed by atoms with Gasteiger partial charge in [0, 0.05) is 44.4 Å². The van der Waals surface area contributed by atoms with Gasteiger partial charge in [0.15, 0.2) is 5.96 Å². The zero-order valence-electron chi connectivity index (χ0n) is 17.5. The van der Waals surface area contributed by atoms with Crippen LogP contribution in [0.3, 0.4) is 0 Å². The number of carbonyl (C=O) groups is 1. The van der Waals surface area contributed by atoms with Gasteiger partial charge in [0.1, 0.15) is 11.5 Å². The Labute approximate surface area is 177 Å². The van der Waals surface area contributed by atoms with Crippen molar-refractivity contribution >= 4 is 11.9 Å². The van der Waals surface area contributed by atoms with E-state index in [-0.39, 0.29) is 0 Å². The summed E-state index contributed by atoms with van der Waals surface area (Å²) in [4.78, 5) is 19.0. The van der Waals surface area contributed by atoms with Gasteiger partial charge in [-0.2, -0.15) is 0 Å². The molecule has 7 nitrogen and oxygen atoms in total. The number of ether oxygens (including phenoxy) is 1. The van der Waals surface area contributed by atoms with Crippen molar-refractivity contribution in [3.63, 3.8) is 0 Å². The van der Waals surface area contributed by atoms with E-state index in [1.54, 1.807) is 13.4 Å². The largest absolute Gasteiger partial charge is 0.497 e. The highest BCUT2D eigenvalue weighted by atomic mass is 16.5. The van der Waals surface area contributed by atoms with Gasteiger partial charge in [-0.3, -0.25) is 4.79 Å². The third-order valence-electron chi connectivity index (χ3n) is 5.61. The van der Waals surface area contributed by atoms with Crippen molar-refractivity contribution in [1.82, 2.24) is 15.5 Å². The number of likely N-dealkylation sites (tertiary alicyclic amines) is 1. The number of nitrogens with zero attached hydrogens (tertiary/aromatic N) is 2. The van der Waals surface area contributed by atoms with Gasteiger partial charge in [-0.1, -0.05) is 12.1 Å². The number of furan rings is 1. The topological polar surface area (TPSA) is 79.1 Å². The quantitative estimate of drug-likeness (QED) is 0.491. The molecule has 1 aliphatic carbocycles. The molecular formula is C23H30N4O3. The average Bonchev–Trinajstić information content (AvgIpc) is 3.34. The third-order valence-corrected chi connectivity index (χ3v) is 5.61. The van der Waals surface area contributed by atoms with E-state index in [1.807, 2.05) is 36.4 Å². The fourth-order valence-electron chi connectivity index (χ4n) is 3.76. The standard InChI is InChI=1S/C23H30N4O3/c1-29-20-8-4-17(5-9-20)14-25-23(24-11-10-21-3-2-12-30-21)26-15-18-13-22(28)27(16-18)19-6-7-19/h2-5,8-9,12,18-19H,6-7,10-11,13-16H2,1H3,(H2,24,25,26). The number of guanidine groups is 1. The van der Waals surface area contributed by atoms with Crippen molar-refractivity contribution in [2.45, 2.75) is 38.3 Å². The molecule has 1 aliphatic heterocycles. The molecule has 1 aromatic carbocycles. The number of hydrogen-bond donors (Lipinski definition) is 2. The van der Waals surface area contributed by atoms with Crippen LogP contribution in [0.4, 0.5) is 0 Å². The predicted octanol–water partition coefficient (Wildman–Crippen LogP) is 2.58. The highest BCUT2D eigenvalue weighted by molar-refractivity contribution is 5.81. The summed E-state index contributed by atoms with van der Waals surface area (Å²) in [5, 5.41) is 6.83. The number of benzene rings is 1. The highest BCUT2D eigenvalue weighted by Crippen LogP contribution is 2.32. The maximum atomic E-state index is 12.2. The Morgan fingerprint density at radius 3 is 2.77 bits per heavy atom. The molecule has 4 rings (SSSR count). The smallest absolute Gasteiger partial charge is 0.223 e. The van der Waals surface area contributed by atoms with E-state index in [4.69, 9.17) is 14.1 Å². The second kappa shape index (κ2) is 9.69. The first-order chi connectivity index (χ1) is 14.7. The van der Waals surface area contributed by atoms with Crippen molar-refractivity contribution in [3.05, 3.63) is 54.0 Å². The summed E-state index contributed by atoms with van der Waals surface area (Å²) in [7, 11) is 1.66. The molecular weight excluding hydrogens is 380 g/mol. The number of carbonyl (C=O) groups excluding carboxylic acids is 1. The molecule has 1 atom stereocenters. The molecule has 1 saturated carbocycles. The van der Waals surface area contributed by atoms with E-state index in [0.717, 1.165) is 61.9 Å². The lowest BCUT2D eigenvalue weighted by molar-refractivity contribution is -0.128. The van der Waals surface area contributed by atoms with Gasteiger partial charge in [0.05, 0.1) is 19.9 Å². The first-order valence-corrected chi connectivity index (χ1v) is 10.7. The molecule has 0 spiro atoms. The van der Waals surface area contributed by atoms with Gasteiger partial charge >= 0.3 is 0 Å².